The summed E-state index contributed by atoms with van der Waals surface area (Å²) in [6, 6.07) is 13.8. The zero-order valence-electron chi connectivity index (χ0n) is 9.04. The van der Waals surface area contributed by atoms with E-state index in [-0.39, 0.29) is 11.5 Å². The molecule has 0 aliphatic carbocycles. The first kappa shape index (κ1) is 11.0. The molecule has 0 radical (unpaired) electrons. The van der Waals surface area contributed by atoms with E-state index in [1.807, 2.05) is 30.3 Å². The van der Waals surface area contributed by atoms with Gasteiger partial charge < -0.3 is 10.2 Å². The number of aromatic hydroxyl groups is 2. The topological polar surface area (TPSA) is 64.9 Å². The van der Waals surface area contributed by atoms with E-state index in [1.54, 1.807) is 6.07 Å². The number of anilines is 1. The van der Waals surface area contributed by atoms with Crippen molar-refractivity contribution in [1.29, 1.82) is 0 Å². The smallest absolute Gasteiger partial charge is 0.128 e. The van der Waals surface area contributed by atoms with E-state index in [0.29, 0.717) is 5.56 Å². The fourth-order valence-electron chi connectivity index (χ4n) is 1.33. The average Bonchev–Trinajstić information content (AvgIpc) is 2.33. The Morgan fingerprint density at radius 2 is 1.76 bits per heavy atom. The van der Waals surface area contributed by atoms with Crippen LogP contribution < -0.4 is 5.43 Å². The lowest BCUT2D eigenvalue weighted by molar-refractivity contribution is 0.450. The van der Waals surface area contributed by atoms with Gasteiger partial charge in [0.25, 0.3) is 0 Å². The predicted molar refractivity (Wildman–Crippen MR) is 67.4 cm³/mol. The number of benzene rings is 2. The summed E-state index contributed by atoms with van der Waals surface area (Å²) >= 11 is 0. The van der Waals surface area contributed by atoms with Crippen molar-refractivity contribution in [3.05, 3.63) is 54.1 Å². The van der Waals surface area contributed by atoms with E-state index in [4.69, 9.17) is 5.11 Å². The van der Waals surface area contributed by atoms with Gasteiger partial charge in [-0.3, -0.25) is 5.43 Å². The molecule has 17 heavy (non-hydrogen) atoms. The fourth-order valence-corrected chi connectivity index (χ4v) is 1.33. The normalized spacial score (nSPS) is 10.6. The second-order valence-electron chi connectivity index (χ2n) is 3.48. The Balaban J connectivity index is 2.06. The van der Waals surface area contributed by atoms with Crippen molar-refractivity contribution in [2.75, 3.05) is 5.43 Å². The lowest BCUT2D eigenvalue weighted by Crippen LogP contribution is -1.90. The first-order valence-corrected chi connectivity index (χ1v) is 5.12. The summed E-state index contributed by atoms with van der Waals surface area (Å²) in [6.45, 7) is 0. The van der Waals surface area contributed by atoms with Crippen LogP contribution in [-0.2, 0) is 0 Å². The molecule has 0 aliphatic rings. The molecular weight excluding hydrogens is 216 g/mol. The highest BCUT2D eigenvalue weighted by molar-refractivity contribution is 5.84. The summed E-state index contributed by atoms with van der Waals surface area (Å²) in [4.78, 5) is 0. The molecule has 0 saturated carbocycles. The van der Waals surface area contributed by atoms with Crippen LogP contribution in [0.5, 0.6) is 11.5 Å². The maximum atomic E-state index is 9.51. The van der Waals surface area contributed by atoms with Gasteiger partial charge in [0.1, 0.15) is 11.5 Å². The fraction of sp³-hybridized carbons (Fsp3) is 0. The molecule has 0 heterocycles. The number of phenols is 2. The van der Waals surface area contributed by atoms with Crippen molar-refractivity contribution >= 4 is 11.9 Å². The Kier molecular flexibility index (Phi) is 3.25. The van der Waals surface area contributed by atoms with Crippen LogP contribution in [0.25, 0.3) is 0 Å². The quantitative estimate of drug-likeness (QED) is 0.558. The maximum absolute atomic E-state index is 9.51. The average molecular weight is 228 g/mol. The molecule has 0 aliphatic heterocycles. The van der Waals surface area contributed by atoms with Crippen LogP contribution in [0.1, 0.15) is 5.56 Å². The van der Waals surface area contributed by atoms with Crippen LogP contribution in [0.2, 0.25) is 0 Å². The van der Waals surface area contributed by atoms with Gasteiger partial charge in [-0.25, -0.2) is 0 Å². The van der Waals surface area contributed by atoms with Gasteiger partial charge in [0.05, 0.1) is 11.9 Å². The van der Waals surface area contributed by atoms with Crippen LogP contribution in [0.3, 0.4) is 0 Å². The Morgan fingerprint density at radius 1 is 1.00 bits per heavy atom. The number of hydrogen-bond acceptors (Lipinski definition) is 4. The first-order valence-electron chi connectivity index (χ1n) is 5.12. The van der Waals surface area contributed by atoms with E-state index in [0.717, 1.165) is 5.69 Å². The van der Waals surface area contributed by atoms with Crippen molar-refractivity contribution in [2.45, 2.75) is 0 Å². The third-order valence-corrected chi connectivity index (χ3v) is 2.19. The molecule has 0 bridgehead atoms. The summed E-state index contributed by atoms with van der Waals surface area (Å²) in [5.74, 6) is 0.0132. The van der Waals surface area contributed by atoms with Gasteiger partial charge in [-0.05, 0) is 24.3 Å². The minimum Gasteiger partial charge on any atom is -0.508 e. The third kappa shape index (κ3) is 2.98. The van der Waals surface area contributed by atoms with E-state index >= 15 is 0 Å². The zero-order chi connectivity index (χ0) is 12.1. The molecule has 2 aromatic carbocycles. The monoisotopic (exact) mass is 228 g/mol. The summed E-state index contributed by atoms with van der Waals surface area (Å²) in [5, 5.41) is 22.6. The van der Waals surface area contributed by atoms with E-state index in [1.165, 1.54) is 18.3 Å². The predicted octanol–water partition coefficient (Wildman–Crippen LogP) is 2.54. The van der Waals surface area contributed by atoms with Crippen LogP contribution in [0, 0.1) is 0 Å². The molecule has 3 N–H and O–H groups in total. The summed E-state index contributed by atoms with van der Waals surface area (Å²) in [6.07, 6.45) is 1.49. The standard InChI is InChI=1S/C13H12N2O2/c16-12-7-6-10(13(17)8-12)9-14-15-11-4-2-1-3-5-11/h1-9,15-17H. The molecule has 0 spiro atoms. The van der Waals surface area contributed by atoms with Crippen molar-refractivity contribution in [1.82, 2.24) is 0 Å². The molecule has 86 valence electrons. The highest BCUT2D eigenvalue weighted by Gasteiger charge is 1.98. The van der Waals surface area contributed by atoms with Gasteiger partial charge in [0, 0.05) is 11.6 Å². The third-order valence-electron chi connectivity index (χ3n) is 2.19. The molecule has 4 heteroatoms. The number of rotatable bonds is 3. The largest absolute Gasteiger partial charge is 0.508 e. The van der Waals surface area contributed by atoms with Gasteiger partial charge in [0.2, 0.25) is 0 Å². The van der Waals surface area contributed by atoms with Gasteiger partial charge in [-0.2, -0.15) is 5.10 Å². The highest BCUT2D eigenvalue weighted by Crippen LogP contribution is 2.20. The van der Waals surface area contributed by atoms with Crippen molar-refractivity contribution in [3.63, 3.8) is 0 Å². The van der Waals surface area contributed by atoms with Crippen LogP contribution in [0.4, 0.5) is 5.69 Å². The minimum atomic E-state index is -0.0105. The Bertz CT molecular complexity index is 524. The van der Waals surface area contributed by atoms with Gasteiger partial charge in [0.15, 0.2) is 0 Å². The molecule has 0 fully saturated rings. The zero-order valence-corrected chi connectivity index (χ0v) is 9.04. The Hall–Kier alpha value is -2.49. The van der Waals surface area contributed by atoms with Crippen molar-refractivity contribution in [2.24, 2.45) is 5.10 Å². The number of phenolic OH excluding ortho intramolecular Hbond substituents is 2. The number of hydrazone groups is 1. The van der Waals surface area contributed by atoms with Crippen LogP contribution in [-0.4, -0.2) is 16.4 Å². The van der Waals surface area contributed by atoms with Crippen molar-refractivity contribution in [3.8, 4) is 11.5 Å². The summed E-state index contributed by atoms with van der Waals surface area (Å²) in [5.41, 5.74) is 4.23. The summed E-state index contributed by atoms with van der Waals surface area (Å²) < 4.78 is 0. The Morgan fingerprint density at radius 3 is 2.47 bits per heavy atom. The molecular formula is C13H12N2O2. The molecule has 0 unspecified atom stereocenters. The maximum Gasteiger partial charge on any atom is 0.128 e. The summed E-state index contributed by atoms with van der Waals surface area (Å²) in [7, 11) is 0. The van der Waals surface area contributed by atoms with E-state index in [2.05, 4.69) is 10.5 Å². The number of nitrogens with one attached hydrogen (secondary N) is 1. The lowest BCUT2D eigenvalue weighted by atomic mass is 10.2. The minimum absolute atomic E-state index is 0.0105. The number of para-hydroxylation sites is 1. The Labute approximate surface area is 98.9 Å². The molecule has 0 atom stereocenters. The first-order chi connectivity index (χ1) is 8.25. The molecule has 0 saturated heterocycles. The molecule has 0 aromatic heterocycles. The van der Waals surface area contributed by atoms with Gasteiger partial charge >= 0.3 is 0 Å². The second-order valence-corrected chi connectivity index (χ2v) is 3.48. The van der Waals surface area contributed by atoms with Crippen LogP contribution >= 0.6 is 0 Å². The number of nitrogens with zero attached hydrogens (tertiary/aromatic N) is 1. The molecule has 4 nitrogen and oxygen atoms in total. The molecule has 2 rings (SSSR count). The molecule has 0 amide bonds. The SMILES string of the molecule is Oc1ccc(C=NNc2ccccc2)c(O)c1. The van der Waals surface area contributed by atoms with Gasteiger partial charge in [-0.15, -0.1) is 0 Å². The van der Waals surface area contributed by atoms with E-state index in [9.17, 15) is 5.11 Å². The van der Waals surface area contributed by atoms with Crippen LogP contribution in [0.15, 0.2) is 53.6 Å². The van der Waals surface area contributed by atoms with Crippen molar-refractivity contribution < 1.29 is 10.2 Å². The lowest BCUT2D eigenvalue weighted by Gasteiger charge is -2.00. The highest BCUT2D eigenvalue weighted by atomic mass is 16.3. The second kappa shape index (κ2) is 5.03. The van der Waals surface area contributed by atoms with Gasteiger partial charge in [-0.1, -0.05) is 18.2 Å². The molecule has 2 aromatic rings. The van der Waals surface area contributed by atoms with E-state index < -0.39 is 0 Å². The number of hydrogen-bond donors (Lipinski definition) is 3.